The van der Waals surface area contributed by atoms with Crippen LogP contribution in [0.25, 0.3) is 0 Å². The van der Waals surface area contributed by atoms with Crippen LogP contribution in [0.2, 0.25) is 0 Å². The summed E-state index contributed by atoms with van der Waals surface area (Å²) in [5.41, 5.74) is 6.00. The molecule has 202 valence electrons. The van der Waals surface area contributed by atoms with Gasteiger partial charge in [-0.25, -0.2) is 0 Å². The molecule has 1 aliphatic heterocycles. The molecular formula is C28H29N5O5S. The van der Waals surface area contributed by atoms with Gasteiger partial charge in [0, 0.05) is 32.8 Å². The molecule has 2 heterocycles. The number of ether oxygens (including phenoxy) is 1. The van der Waals surface area contributed by atoms with Crippen LogP contribution in [0.4, 0.5) is 0 Å². The first-order valence-corrected chi connectivity index (χ1v) is 13.4. The second-order valence-corrected chi connectivity index (χ2v) is 10.8. The lowest BCUT2D eigenvalue weighted by atomic mass is 10.0. The van der Waals surface area contributed by atoms with Crippen molar-refractivity contribution in [1.29, 1.82) is 5.41 Å². The van der Waals surface area contributed by atoms with Crippen molar-refractivity contribution in [3.8, 4) is 11.5 Å². The van der Waals surface area contributed by atoms with Crippen molar-refractivity contribution in [3.63, 3.8) is 0 Å². The molecule has 1 aliphatic carbocycles. The number of rotatable bonds is 10. The lowest BCUT2D eigenvalue weighted by Crippen LogP contribution is -2.50. The van der Waals surface area contributed by atoms with Gasteiger partial charge >= 0.3 is 0 Å². The van der Waals surface area contributed by atoms with Crippen molar-refractivity contribution in [2.45, 2.75) is 31.5 Å². The van der Waals surface area contributed by atoms with Crippen LogP contribution in [0.3, 0.4) is 0 Å². The van der Waals surface area contributed by atoms with Gasteiger partial charge in [0.15, 0.2) is 0 Å². The molecule has 3 atom stereocenters. The predicted molar refractivity (Wildman–Crippen MR) is 146 cm³/mol. The minimum atomic E-state index is -0.734. The molecule has 2 aliphatic rings. The van der Waals surface area contributed by atoms with E-state index < -0.39 is 17.4 Å². The molecule has 39 heavy (non-hydrogen) atoms. The number of thiophene rings is 1. The summed E-state index contributed by atoms with van der Waals surface area (Å²) in [6, 6.07) is 16.6. The minimum absolute atomic E-state index is 0.0418. The predicted octanol–water partition coefficient (Wildman–Crippen LogP) is 2.22. The fourth-order valence-electron chi connectivity index (χ4n) is 5.00. The zero-order chi connectivity index (χ0) is 27.6. The summed E-state index contributed by atoms with van der Waals surface area (Å²) in [6.07, 6.45) is 0.994. The number of hydrogen-bond donors (Lipinski definition) is 5. The number of nitrogens with two attached hydrogens (primary N) is 1. The number of benzene rings is 2. The Labute approximate surface area is 229 Å². The van der Waals surface area contributed by atoms with Crippen LogP contribution >= 0.6 is 11.3 Å². The van der Waals surface area contributed by atoms with Gasteiger partial charge in [0.1, 0.15) is 23.4 Å². The normalized spacial score (nSPS) is 21.1. The van der Waals surface area contributed by atoms with E-state index in [4.69, 9.17) is 15.9 Å². The molecule has 2 aromatic carbocycles. The smallest absolute Gasteiger partial charge is 0.251 e. The fourth-order valence-corrected chi connectivity index (χ4v) is 5.82. The van der Waals surface area contributed by atoms with Crippen LogP contribution in [-0.4, -0.2) is 58.8 Å². The summed E-state index contributed by atoms with van der Waals surface area (Å²) in [4.78, 5) is 41.3. The van der Waals surface area contributed by atoms with Gasteiger partial charge in [0.25, 0.3) is 5.91 Å². The number of carbonyl (C=O) groups is 3. The number of nitrogens with zero attached hydrogens (tertiary/aromatic N) is 1. The van der Waals surface area contributed by atoms with Gasteiger partial charge < -0.3 is 31.1 Å². The van der Waals surface area contributed by atoms with Crippen LogP contribution in [-0.2, 0) is 16.1 Å². The van der Waals surface area contributed by atoms with Gasteiger partial charge in [-0.15, -0.1) is 11.3 Å². The number of piperidine rings is 1. The lowest BCUT2D eigenvalue weighted by molar-refractivity contribution is -0.139. The maximum atomic E-state index is 13.2. The first-order valence-electron chi connectivity index (χ1n) is 12.5. The number of hydrogen-bond acceptors (Lipinski definition) is 7. The largest absolute Gasteiger partial charge is 0.457 e. The highest BCUT2D eigenvalue weighted by Gasteiger charge is 2.66. The van der Waals surface area contributed by atoms with Crippen LogP contribution < -0.4 is 21.1 Å². The van der Waals surface area contributed by atoms with Crippen molar-refractivity contribution in [2.24, 2.45) is 11.1 Å². The fraction of sp³-hybridized carbons (Fsp3) is 0.286. The molecule has 0 bridgehead atoms. The third kappa shape index (κ3) is 5.64. The Kier molecular flexibility index (Phi) is 7.36. The molecule has 11 heteroatoms. The molecule has 6 N–H and O–H groups in total. The van der Waals surface area contributed by atoms with Crippen molar-refractivity contribution in [2.75, 3.05) is 13.2 Å². The highest BCUT2D eigenvalue weighted by Crippen LogP contribution is 2.59. The zero-order valence-corrected chi connectivity index (χ0v) is 21.9. The van der Waals surface area contributed by atoms with Crippen LogP contribution in [0.5, 0.6) is 11.5 Å². The van der Waals surface area contributed by atoms with Crippen molar-refractivity contribution >= 4 is 34.9 Å². The number of nitrogen functional groups attached to an aromatic ring is 1. The van der Waals surface area contributed by atoms with Crippen molar-refractivity contribution in [3.05, 3.63) is 82.0 Å². The van der Waals surface area contributed by atoms with Crippen molar-refractivity contribution in [1.82, 2.24) is 15.5 Å². The van der Waals surface area contributed by atoms with Gasteiger partial charge in [-0.05, 0) is 55.3 Å². The summed E-state index contributed by atoms with van der Waals surface area (Å²) in [5, 5.41) is 24.7. The average molecular weight is 548 g/mol. The first-order chi connectivity index (χ1) is 18.8. The minimum Gasteiger partial charge on any atom is -0.457 e. The molecular weight excluding hydrogens is 518 g/mol. The van der Waals surface area contributed by atoms with Gasteiger partial charge in [-0.2, -0.15) is 0 Å². The van der Waals surface area contributed by atoms with Gasteiger partial charge in [0.2, 0.25) is 11.8 Å². The molecule has 3 aromatic rings. The van der Waals surface area contributed by atoms with Crippen LogP contribution in [0.1, 0.15) is 33.6 Å². The zero-order valence-electron chi connectivity index (χ0n) is 21.1. The SMILES string of the molecule is N=C(N)c1csc(CNC(=O)[C@@H]2C[C@]3(CO)C[C@@H]3N2C(=O)CNC(=O)c2ccc(Oc3ccccc3)cc2)c1. The van der Waals surface area contributed by atoms with E-state index in [1.807, 2.05) is 30.3 Å². The van der Waals surface area contributed by atoms with Gasteiger partial charge in [-0.1, -0.05) is 18.2 Å². The second-order valence-electron chi connectivity index (χ2n) is 9.82. The van der Waals surface area contributed by atoms with E-state index in [0.29, 0.717) is 35.5 Å². The average Bonchev–Trinajstić information content (AvgIpc) is 3.28. The number of carbonyl (C=O) groups excluding carboxylic acids is 3. The summed E-state index contributed by atoms with van der Waals surface area (Å²) in [7, 11) is 0. The standard InChI is InChI=1S/C28H29N5O5S/c29-25(30)18-10-21(39-15-18)13-31-27(37)22-11-28(16-34)12-23(28)33(22)24(35)14-32-26(36)17-6-8-20(9-7-17)38-19-4-2-1-3-5-19/h1-10,15,22-23,34H,11-14,16H2,(H3,29,30)(H,31,37)(H,32,36)/t22-,23-,28+/m0/s1. The Bertz CT molecular complexity index is 1390. The Morgan fingerprint density at radius 3 is 2.44 bits per heavy atom. The number of amidine groups is 1. The third-order valence-electron chi connectivity index (χ3n) is 7.22. The topological polar surface area (TPSA) is 158 Å². The highest BCUT2D eigenvalue weighted by molar-refractivity contribution is 7.10. The Balaban J connectivity index is 1.17. The monoisotopic (exact) mass is 547 g/mol. The number of aliphatic hydroxyl groups excluding tert-OH is 1. The first kappa shape index (κ1) is 26.4. The van der Waals surface area contributed by atoms with E-state index in [2.05, 4.69) is 10.6 Å². The number of likely N-dealkylation sites (tertiary alicyclic amines) is 1. The molecule has 0 unspecified atom stereocenters. The van der Waals surface area contributed by atoms with Crippen molar-refractivity contribution < 1.29 is 24.2 Å². The summed E-state index contributed by atoms with van der Waals surface area (Å²) < 4.78 is 5.74. The summed E-state index contributed by atoms with van der Waals surface area (Å²) >= 11 is 1.38. The molecule has 10 nitrogen and oxygen atoms in total. The van der Waals surface area contributed by atoms with E-state index in [9.17, 15) is 19.5 Å². The maximum Gasteiger partial charge on any atom is 0.251 e. The van der Waals surface area contributed by atoms with E-state index >= 15 is 0 Å². The molecule has 1 saturated heterocycles. The molecule has 1 saturated carbocycles. The van der Waals surface area contributed by atoms with E-state index in [1.165, 1.54) is 16.2 Å². The molecule has 0 spiro atoms. The number of fused-ring (bicyclic) bond motifs is 1. The number of nitrogens with one attached hydrogen (secondary N) is 3. The Morgan fingerprint density at radius 1 is 1.05 bits per heavy atom. The molecule has 2 fully saturated rings. The van der Waals surface area contributed by atoms with Gasteiger partial charge in [0.05, 0.1) is 19.7 Å². The number of aliphatic hydroxyl groups is 1. The molecule has 5 rings (SSSR count). The Morgan fingerprint density at radius 2 is 1.77 bits per heavy atom. The lowest BCUT2D eigenvalue weighted by Gasteiger charge is -2.27. The van der Waals surface area contributed by atoms with Crippen LogP contribution in [0.15, 0.2) is 66.0 Å². The van der Waals surface area contributed by atoms with Gasteiger partial charge in [-0.3, -0.25) is 19.8 Å². The molecule has 3 amide bonds. The third-order valence-corrected chi connectivity index (χ3v) is 8.16. The van der Waals surface area contributed by atoms with Crippen LogP contribution in [0, 0.1) is 10.8 Å². The highest BCUT2D eigenvalue weighted by atomic mass is 32.1. The Hall–Kier alpha value is -4.22. The quantitative estimate of drug-likeness (QED) is 0.193. The number of para-hydroxylation sites is 1. The maximum absolute atomic E-state index is 13.2. The number of amides is 3. The molecule has 1 aromatic heterocycles. The molecule has 0 radical (unpaired) electrons. The second kappa shape index (κ2) is 10.9. The van der Waals surface area contributed by atoms with E-state index in [0.717, 1.165) is 4.88 Å². The summed E-state index contributed by atoms with van der Waals surface area (Å²) in [5.74, 6) is 0.105. The van der Waals surface area contributed by atoms with E-state index in [-0.39, 0.29) is 43.4 Å². The summed E-state index contributed by atoms with van der Waals surface area (Å²) in [6.45, 7) is -0.134. The van der Waals surface area contributed by atoms with E-state index in [1.54, 1.807) is 35.7 Å².